The number of rotatable bonds is 7. The van der Waals surface area contributed by atoms with E-state index >= 15 is 0 Å². The Bertz CT molecular complexity index is 966. The van der Waals surface area contributed by atoms with E-state index in [4.69, 9.17) is 0 Å². The fraction of sp³-hybridized carbons (Fsp3) is 0.435. The molecular formula is C23H29FN2O3S. The molecule has 0 unspecified atom stereocenters. The average Bonchev–Trinajstić information content (AvgIpc) is 2.73. The van der Waals surface area contributed by atoms with Crippen LogP contribution in [0.2, 0.25) is 0 Å². The van der Waals surface area contributed by atoms with Crippen LogP contribution in [0.4, 0.5) is 4.39 Å². The lowest BCUT2D eigenvalue weighted by Gasteiger charge is -2.31. The first-order valence-electron chi connectivity index (χ1n) is 10.3. The van der Waals surface area contributed by atoms with Crippen molar-refractivity contribution < 1.29 is 17.6 Å². The number of hydrogen-bond acceptors (Lipinski definition) is 3. The van der Waals surface area contributed by atoms with Crippen molar-refractivity contribution in [1.82, 2.24) is 9.21 Å². The Labute approximate surface area is 178 Å². The maximum atomic E-state index is 13.4. The highest BCUT2D eigenvalue weighted by atomic mass is 32.2. The summed E-state index contributed by atoms with van der Waals surface area (Å²) >= 11 is 0. The molecule has 1 aliphatic heterocycles. The van der Waals surface area contributed by atoms with Crippen LogP contribution < -0.4 is 0 Å². The molecule has 0 aliphatic carbocycles. The van der Waals surface area contributed by atoms with Gasteiger partial charge in [0.1, 0.15) is 5.82 Å². The molecule has 0 bridgehead atoms. The van der Waals surface area contributed by atoms with Gasteiger partial charge in [0.2, 0.25) is 15.9 Å². The zero-order chi connectivity index (χ0) is 21.7. The second-order valence-corrected chi connectivity index (χ2v) is 10.1. The number of nitrogens with zero attached hydrogens (tertiary/aromatic N) is 2. The molecule has 0 aromatic heterocycles. The molecule has 0 N–H and O–H groups in total. The Morgan fingerprint density at radius 3 is 2.30 bits per heavy atom. The van der Waals surface area contributed by atoms with Crippen molar-refractivity contribution in [3.63, 3.8) is 0 Å². The highest BCUT2D eigenvalue weighted by Gasteiger charge is 2.29. The fourth-order valence-electron chi connectivity index (χ4n) is 3.78. The lowest BCUT2D eigenvalue weighted by Crippen LogP contribution is -2.38. The molecule has 0 spiro atoms. The van der Waals surface area contributed by atoms with Gasteiger partial charge in [-0.15, -0.1) is 0 Å². The van der Waals surface area contributed by atoms with E-state index < -0.39 is 15.8 Å². The van der Waals surface area contributed by atoms with Gasteiger partial charge in [-0.25, -0.2) is 12.8 Å². The summed E-state index contributed by atoms with van der Waals surface area (Å²) in [5.41, 5.74) is 2.37. The SMILES string of the molecule is CN(C)C(=O)CCc1ccc(CC2CCN(S(=O)(=O)c3cccc(F)c3)CC2)cc1. The van der Waals surface area contributed by atoms with Crippen molar-refractivity contribution in [3.8, 4) is 0 Å². The van der Waals surface area contributed by atoms with E-state index in [9.17, 15) is 17.6 Å². The van der Waals surface area contributed by atoms with E-state index in [1.165, 1.54) is 28.1 Å². The van der Waals surface area contributed by atoms with Crippen LogP contribution >= 0.6 is 0 Å². The topological polar surface area (TPSA) is 57.7 Å². The second kappa shape index (κ2) is 9.71. The first-order valence-corrected chi connectivity index (χ1v) is 11.7. The minimum absolute atomic E-state index is 0.0179. The van der Waals surface area contributed by atoms with Crippen LogP contribution in [0.15, 0.2) is 53.4 Å². The van der Waals surface area contributed by atoms with Gasteiger partial charge in [0.15, 0.2) is 0 Å². The summed E-state index contributed by atoms with van der Waals surface area (Å²) in [6, 6.07) is 13.5. The van der Waals surface area contributed by atoms with Gasteiger partial charge in [-0.2, -0.15) is 4.31 Å². The third-order valence-electron chi connectivity index (χ3n) is 5.68. The zero-order valence-electron chi connectivity index (χ0n) is 17.6. The Morgan fingerprint density at radius 1 is 1.07 bits per heavy atom. The van der Waals surface area contributed by atoms with E-state index in [1.807, 2.05) is 0 Å². The molecule has 7 heteroatoms. The summed E-state index contributed by atoms with van der Waals surface area (Å²) in [6.45, 7) is 0.905. The van der Waals surface area contributed by atoms with Gasteiger partial charge in [0, 0.05) is 33.6 Å². The number of benzene rings is 2. The van der Waals surface area contributed by atoms with Crippen LogP contribution in [0.1, 0.15) is 30.4 Å². The van der Waals surface area contributed by atoms with Crippen molar-refractivity contribution in [1.29, 1.82) is 0 Å². The van der Waals surface area contributed by atoms with E-state index in [1.54, 1.807) is 19.0 Å². The van der Waals surface area contributed by atoms with Crippen molar-refractivity contribution in [2.45, 2.75) is 37.0 Å². The molecule has 3 rings (SSSR count). The summed E-state index contributed by atoms with van der Waals surface area (Å²) in [6.07, 6.45) is 3.71. The molecule has 1 amide bonds. The normalized spacial score (nSPS) is 15.8. The van der Waals surface area contributed by atoms with Crippen molar-refractivity contribution in [2.75, 3.05) is 27.2 Å². The van der Waals surface area contributed by atoms with Gasteiger partial charge in [-0.1, -0.05) is 30.3 Å². The summed E-state index contributed by atoms with van der Waals surface area (Å²) in [4.78, 5) is 13.3. The quantitative estimate of drug-likeness (QED) is 0.673. The smallest absolute Gasteiger partial charge is 0.243 e. The number of amides is 1. The predicted molar refractivity (Wildman–Crippen MR) is 115 cm³/mol. The molecule has 1 saturated heterocycles. The van der Waals surface area contributed by atoms with Crippen LogP contribution in [0, 0.1) is 11.7 Å². The number of carbonyl (C=O) groups excluding carboxylic acids is 1. The van der Waals surface area contributed by atoms with Crippen LogP contribution in [-0.4, -0.2) is 50.7 Å². The third kappa shape index (κ3) is 5.67. The Hall–Kier alpha value is -2.25. The summed E-state index contributed by atoms with van der Waals surface area (Å²) in [5.74, 6) is 0.00430. The van der Waals surface area contributed by atoms with Crippen LogP contribution in [0.5, 0.6) is 0 Å². The first kappa shape index (κ1) is 22.4. The molecule has 2 aromatic carbocycles. The first-order chi connectivity index (χ1) is 14.3. The van der Waals surface area contributed by atoms with Crippen molar-refractivity contribution in [3.05, 3.63) is 65.5 Å². The summed E-state index contributed by atoms with van der Waals surface area (Å²) < 4.78 is 40.3. The van der Waals surface area contributed by atoms with Gasteiger partial charge in [-0.3, -0.25) is 4.79 Å². The Morgan fingerprint density at radius 2 is 1.70 bits per heavy atom. The van der Waals surface area contributed by atoms with Crippen molar-refractivity contribution in [2.24, 2.45) is 5.92 Å². The molecular weight excluding hydrogens is 403 g/mol. The molecule has 5 nitrogen and oxygen atoms in total. The van der Waals surface area contributed by atoms with Crippen LogP contribution in [-0.2, 0) is 27.7 Å². The highest BCUT2D eigenvalue weighted by molar-refractivity contribution is 7.89. The minimum atomic E-state index is -3.64. The number of piperidine rings is 1. The largest absolute Gasteiger partial charge is 0.349 e. The van der Waals surface area contributed by atoms with Gasteiger partial charge in [0.05, 0.1) is 4.90 Å². The molecule has 1 fully saturated rings. The number of hydrogen-bond donors (Lipinski definition) is 0. The number of carbonyl (C=O) groups is 1. The summed E-state index contributed by atoms with van der Waals surface area (Å²) in [7, 11) is -0.116. The maximum Gasteiger partial charge on any atom is 0.243 e. The lowest BCUT2D eigenvalue weighted by molar-refractivity contribution is -0.128. The van der Waals surface area contributed by atoms with Gasteiger partial charge >= 0.3 is 0 Å². The molecule has 30 heavy (non-hydrogen) atoms. The van der Waals surface area contributed by atoms with E-state index in [0.717, 1.165) is 37.3 Å². The van der Waals surface area contributed by atoms with Crippen molar-refractivity contribution >= 4 is 15.9 Å². The molecule has 1 aliphatic rings. The highest BCUT2D eigenvalue weighted by Crippen LogP contribution is 2.26. The molecule has 2 aromatic rings. The maximum absolute atomic E-state index is 13.4. The predicted octanol–water partition coefficient (Wildman–Crippen LogP) is 3.49. The molecule has 1 heterocycles. The number of aryl methyl sites for hydroxylation is 1. The van der Waals surface area contributed by atoms with E-state index in [0.29, 0.717) is 25.4 Å². The lowest BCUT2D eigenvalue weighted by atomic mass is 9.90. The Balaban J connectivity index is 1.51. The molecule has 0 radical (unpaired) electrons. The van der Waals surface area contributed by atoms with Gasteiger partial charge in [-0.05, 0) is 60.9 Å². The standard InChI is InChI=1S/C23H29FN2O3S/c1-25(2)23(27)11-10-18-6-8-19(9-7-18)16-20-12-14-26(15-13-20)30(28,29)22-5-3-4-21(24)17-22/h3-9,17,20H,10-16H2,1-2H3. The van der Waals surface area contributed by atoms with Gasteiger partial charge < -0.3 is 4.90 Å². The monoisotopic (exact) mass is 432 g/mol. The van der Waals surface area contributed by atoms with E-state index in [-0.39, 0.29) is 10.8 Å². The number of sulfonamides is 1. The molecule has 0 saturated carbocycles. The summed E-state index contributed by atoms with van der Waals surface area (Å²) in [5, 5.41) is 0. The van der Waals surface area contributed by atoms with Crippen LogP contribution in [0.3, 0.4) is 0 Å². The fourth-order valence-corrected chi connectivity index (χ4v) is 5.28. The molecule has 0 atom stereocenters. The van der Waals surface area contributed by atoms with Gasteiger partial charge in [0.25, 0.3) is 0 Å². The molecule has 162 valence electrons. The number of halogens is 1. The third-order valence-corrected chi connectivity index (χ3v) is 7.58. The van der Waals surface area contributed by atoms with E-state index in [2.05, 4.69) is 24.3 Å². The second-order valence-electron chi connectivity index (χ2n) is 8.11. The Kier molecular flexibility index (Phi) is 7.26. The average molecular weight is 433 g/mol. The minimum Gasteiger partial charge on any atom is -0.349 e. The van der Waals surface area contributed by atoms with Crippen LogP contribution in [0.25, 0.3) is 0 Å². The zero-order valence-corrected chi connectivity index (χ0v) is 18.4.